The predicted octanol–water partition coefficient (Wildman–Crippen LogP) is 9.37. The summed E-state index contributed by atoms with van der Waals surface area (Å²) in [7, 11) is 2.19. The van der Waals surface area contributed by atoms with Gasteiger partial charge in [-0.05, 0) is 63.8 Å². The van der Waals surface area contributed by atoms with E-state index in [1.165, 1.54) is 96.3 Å². The van der Waals surface area contributed by atoms with Crippen molar-refractivity contribution in [3.8, 4) is 0 Å². The van der Waals surface area contributed by atoms with Crippen LogP contribution in [-0.4, -0.2) is 50.5 Å². The molecule has 212 valence electrons. The van der Waals surface area contributed by atoms with Crippen molar-refractivity contribution in [1.29, 1.82) is 0 Å². The highest BCUT2D eigenvalue weighted by molar-refractivity contribution is 4.92. The van der Waals surface area contributed by atoms with Crippen molar-refractivity contribution in [2.75, 3.05) is 33.4 Å². The quantitative estimate of drug-likeness (QED) is 0.0963. The minimum absolute atomic E-state index is 0.252. The predicted molar refractivity (Wildman–Crippen MR) is 159 cm³/mol. The van der Waals surface area contributed by atoms with Crippen LogP contribution in [0, 0.1) is 11.8 Å². The van der Waals surface area contributed by atoms with E-state index in [9.17, 15) is 0 Å². The van der Waals surface area contributed by atoms with E-state index >= 15 is 0 Å². The van der Waals surface area contributed by atoms with Crippen molar-refractivity contribution in [3.05, 3.63) is 24.3 Å². The number of unbranched alkanes of at least 4 members (excludes halogenated alkanes) is 9. The van der Waals surface area contributed by atoms with Crippen LogP contribution in [0.3, 0.4) is 0 Å². The lowest BCUT2D eigenvalue weighted by molar-refractivity contribution is -0.0500. The smallest absolute Gasteiger partial charge is 0.0975 e. The van der Waals surface area contributed by atoms with Crippen LogP contribution in [0.1, 0.15) is 130 Å². The zero-order valence-electron chi connectivity index (χ0n) is 25.0. The molecule has 0 N–H and O–H groups in total. The summed E-state index contributed by atoms with van der Waals surface area (Å²) in [6, 6.07) is 0. The SMILES string of the molecule is CCCCCC=CCC=CCCCCCCCCOC1CN(C)CC1OCCC(C)CCCC(C)C. The Kier molecular flexibility index (Phi) is 21.8. The van der Waals surface area contributed by atoms with Crippen LogP contribution in [0.25, 0.3) is 0 Å². The highest BCUT2D eigenvalue weighted by Gasteiger charge is 2.32. The van der Waals surface area contributed by atoms with E-state index in [0.717, 1.165) is 44.6 Å². The van der Waals surface area contributed by atoms with Crippen LogP contribution >= 0.6 is 0 Å². The van der Waals surface area contributed by atoms with Crippen LogP contribution in [0.5, 0.6) is 0 Å². The lowest BCUT2D eigenvalue weighted by Crippen LogP contribution is -2.31. The van der Waals surface area contributed by atoms with E-state index < -0.39 is 0 Å². The van der Waals surface area contributed by atoms with Gasteiger partial charge in [0.1, 0.15) is 0 Å². The molecule has 0 spiro atoms. The van der Waals surface area contributed by atoms with Crippen LogP contribution in [0.4, 0.5) is 0 Å². The molecule has 1 fully saturated rings. The van der Waals surface area contributed by atoms with E-state index in [-0.39, 0.29) is 12.2 Å². The molecule has 0 aromatic heterocycles. The number of hydrogen-bond acceptors (Lipinski definition) is 3. The molecule has 0 bridgehead atoms. The second kappa shape index (κ2) is 23.5. The zero-order chi connectivity index (χ0) is 26.3. The average molecular weight is 506 g/mol. The Bertz CT molecular complexity index is 530. The van der Waals surface area contributed by atoms with Gasteiger partial charge in [0.15, 0.2) is 0 Å². The van der Waals surface area contributed by atoms with Crippen molar-refractivity contribution in [2.24, 2.45) is 11.8 Å². The molecule has 1 saturated heterocycles. The van der Waals surface area contributed by atoms with Crippen LogP contribution in [-0.2, 0) is 9.47 Å². The van der Waals surface area contributed by atoms with E-state index in [1.54, 1.807) is 0 Å². The van der Waals surface area contributed by atoms with Crippen LogP contribution in [0.2, 0.25) is 0 Å². The minimum Gasteiger partial charge on any atom is -0.374 e. The molecule has 3 unspecified atom stereocenters. The highest BCUT2D eigenvalue weighted by Crippen LogP contribution is 2.19. The molecule has 36 heavy (non-hydrogen) atoms. The third-order valence-electron chi connectivity index (χ3n) is 7.50. The van der Waals surface area contributed by atoms with Gasteiger partial charge in [0, 0.05) is 26.3 Å². The third kappa shape index (κ3) is 19.5. The fourth-order valence-corrected chi connectivity index (χ4v) is 5.01. The summed E-state index contributed by atoms with van der Waals surface area (Å²) < 4.78 is 12.6. The first kappa shape index (κ1) is 33.4. The summed E-state index contributed by atoms with van der Waals surface area (Å²) in [4.78, 5) is 2.36. The molecular formula is C33H63NO2. The second-order valence-corrected chi connectivity index (χ2v) is 11.8. The summed E-state index contributed by atoms with van der Waals surface area (Å²) in [5.74, 6) is 1.59. The van der Waals surface area contributed by atoms with Crippen molar-refractivity contribution >= 4 is 0 Å². The largest absolute Gasteiger partial charge is 0.374 e. The zero-order valence-corrected chi connectivity index (χ0v) is 25.0. The molecule has 1 rings (SSSR count). The van der Waals surface area contributed by atoms with Gasteiger partial charge in [-0.2, -0.15) is 0 Å². The van der Waals surface area contributed by atoms with Crippen molar-refractivity contribution in [2.45, 2.75) is 143 Å². The van der Waals surface area contributed by atoms with Gasteiger partial charge in [-0.3, -0.25) is 0 Å². The maximum absolute atomic E-state index is 6.29. The summed E-state index contributed by atoms with van der Waals surface area (Å²) in [6.45, 7) is 13.1. The lowest BCUT2D eigenvalue weighted by atomic mass is 9.98. The lowest BCUT2D eigenvalue weighted by Gasteiger charge is -2.21. The fraction of sp³-hybridized carbons (Fsp3) is 0.879. The van der Waals surface area contributed by atoms with Gasteiger partial charge in [-0.1, -0.05) is 110 Å². The number of likely N-dealkylation sites (N-methyl/N-ethyl adjacent to an activating group) is 1. The molecular weight excluding hydrogens is 442 g/mol. The molecule has 3 atom stereocenters. The topological polar surface area (TPSA) is 21.7 Å². The first-order valence-corrected chi connectivity index (χ1v) is 15.7. The normalized spacial score (nSPS) is 19.9. The maximum Gasteiger partial charge on any atom is 0.0975 e. The minimum atomic E-state index is 0.252. The van der Waals surface area contributed by atoms with Crippen molar-refractivity contribution < 1.29 is 9.47 Å². The Morgan fingerprint density at radius 2 is 1.25 bits per heavy atom. The highest BCUT2D eigenvalue weighted by atomic mass is 16.5. The van der Waals surface area contributed by atoms with Gasteiger partial charge in [0.25, 0.3) is 0 Å². The first-order valence-electron chi connectivity index (χ1n) is 15.7. The molecule has 0 radical (unpaired) electrons. The van der Waals surface area contributed by atoms with E-state index in [4.69, 9.17) is 9.47 Å². The van der Waals surface area contributed by atoms with Crippen LogP contribution < -0.4 is 0 Å². The number of likely N-dealkylation sites (tertiary alicyclic amines) is 1. The Labute approximate surface area is 226 Å². The average Bonchev–Trinajstić information content (AvgIpc) is 3.19. The van der Waals surface area contributed by atoms with Gasteiger partial charge < -0.3 is 14.4 Å². The van der Waals surface area contributed by atoms with Gasteiger partial charge in [0.2, 0.25) is 0 Å². The Morgan fingerprint density at radius 3 is 1.89 bits per heavy atom. The molecule has 1 heterocycles. The number of nitrogens with zero attached hydrogens (tertiary/aromatic N) is 1. The molecule has 3 nitrogen and oxygen atoms in total. The number of hydrogen-bond donors (Lipinski definition) is 0. The van der Waals surface area contributed by atoms with Gasteiger partial charge in [0.05, 0.1) is 12.2 Å². The summed E-state index contributed by atoms with van der Waals surface area (Å²) in [5.41, 5.74) is 0. The van der Waals surface area contributed by atoms with Crippen molar-refractivity contribution in [1.82, 2.24) is 4.90 Å². The molecule has 1 aliphatic heterocycles. The van der Waals surface area contributed by atoms with E-state index in [0.29, 0.717) is 0 Å². The van der Waals surface area contributed by atoms with Gasteiger partial charge in [-0.25, -0.2) is 0 Å². The summed E-state index contributed by atoms with van der Waals surface area (Å²) >= 11 is 0. The maximum atomic E-state index is 6.29. The number of allylic oxidation sites excluding steroid dienone is 4. The number of rotatable bonds is 24. The number of ether oxygens (including phenoxy) is 2. The molecule has 3 heteroatoms. The standard InChI is InChI=1S/C33H63NO2/c1-6-7-8-9-10-11-12-13-14-15-16-17-18-19-20-21-26-35-32-28-34(5)29-33(32)36-27-25-31(4)24-22-23-30(2)3/h10-11,13-14,30-33H,6-9,12,15-29H2,1-5H3. The Balaban J connectivity index is 1.97. The van der Waals surface area contributed by atoms with Crippen LogP contribution in [0.15, 0.2) is 24.3 Å². The molecule has 0 aliphatic carbocycles. The molecule has 0 aromatic rings. The van der Waals surface area contributed by atoms with E-state index in [2.05, 4.69) is 63.9 Å². The fourth-order valence-electron chi connectivity index (χ4n) is 5.01. The molecule has 1 aliphatic rings. The van der Waals surface area contributed by atoms with Gasteiger partial charge >= 0.3 is 0 Å². The Hall–Kier alpha value is -0.640. The summed E-state index contributed by atoms with van der Waals surface area (Å²) in [5, 5.41) is 0. The van der Waals surface area contributed by atoms with Crippen molar-refractivity contribution in [3.63, 3.8) is 0 Å². The van der Waals surface area contributed by atoms with E-state index in [1.807, 2.05) is 0 Å². The Morgan fingerprint density at radius 1 is 0.667 bits per heavy atom. The molecule has 0 aromatic carbocycles. The molecule has 0 saturated carbocycles. The second-order valence-electron chi connectivity index (χ2n) is 11.8. The third-order valence-corrected chi connectivity index (χ3v) is 7.50. The molecule has 0 amide bonds. The first-order chi connectivity index (χ1) is 17.5. The van der Waals surface area contributed by atoms with Gasteiger partial charge in [-0.15, -0.1) is 0 Å². The summed E-state index contributed by atoms with van der Waals surface area (Å²) in [6.07, 6.45) is 30.6. The monoisotopic (exact) mass is 505 g/mol.